The number of hydrogen-bond acceptors (Lipinski definition) is 3. The molecule has 2 heterocycles. The third-order valence-electron chi connectivity index (χ3n) is 6.05. The number of fused-ring (bicyclic) bond motifs is 1. The van der Waals surface area contributed by atoms with E-state index in [0.29, 0.717) is 12.5 Å². The molecule has 4 heteroatoms. The predicted molar refractivity (Wildman–Crippen MR) is 116 cm³/mol. The summed E-state index contributed by atoms with van der Waals surface area (Å²) in [5.41, 5.74) is 4.21. The Balaban J connectivity index is 1.21. The van der Waals surface area contributed by atoms with Gasteiger partial charge in [-0.25, -0.2) is 0 Å². The average Bonchev–Trinajstić information content (AvgIpc) is 2.84. The lowest BCUT2D eigenvalue weighted by atomic mass is 9.94. The van der Waals surface area contributed by atoms with Crippen LogP contribution in [0.15, 0.2) is 78.9 Å². The van der Waals surface area contributed by atoms with Crippen LogP contribution in [0.2, 0.25) is 0 Å². The Morgan fingerprint density at radius 2 is 1.53 bits per heavy atom. The van der Waals surface area contributed by atoms with Crippen LogP contribution in [-0.4, -0.2) is 30.2 Å². The Kier molecular flexibility index (Phi) is 5.24. The lowest BCUT2D eigenvalue weighted by molar-refractivity contribution is -0.148. The maximum Gasteiger partial charge on any atom is 0.253 e. The molecule has 2 aliphatic heterocycles. The fourth-order valence-corrected chi connectivity index (χ4v) is 4.32. The second kappa shape index (κ2) is 8.33. The van der Waals surface area contributed by atoms with Crippen LogP contribution in [0.25, 0.3) is 11.1 Å². The van der Waals surface area contributed by atoms with Crippen molar-refractivity contribution in [3.8, 4) is 16.9 Å². The Morgan fingerprint density at radius 1 is 0.833 bits per heavy atom. The zero-order valence-electron chi connectivity index (χ0n) is 16.9. The van der Waals surface area contributed by atoms with E-state index in [-0.39, 0.29) is 12.2 Å². The molecule has 0 saturated carbocycles. The summed E-state index contributed by atoms with van der Waals surface area (Å²) in [6.45, 7) is 2.03. The van der Waals surface area contributed by atoms with Crippen LogP contribution in [0.1, 0.15) is 28.8 Å². The van der Waals surface area contributed by atoms with Gasteiger partial charge in [-0.1, -0.05) is 54.6 Å². The van der Waals surface area contributed by atoms with Gasteiger partial charge in [0.2, 0.25) is 6.29 Å². The third-order valence-corrected chi connectivity index (χ3v) is 6.05. The van der Waals surface area contributed by atoms with Crippen LogP contribution in [0.5, 0.6) is 5.75 Å². The largest absolute Gasteiger partial charge is 0.464 e. The Hall–Kier alpha value is -3.11. The summed E-state index contributed by atoms with van der Waals surface area (Å²) in [5.74, 6) is 1.32. The highest BCUT2D eigenvalue weighted by Gasteiger charge is 2.33. The van der Waals surface area contributed by atoms with E-state index in [0.717, 1.165) is 42.8 Å². The molecule has 0 bridgehead atoms. The van der Waals surface area contributed by atoms with Crippen molar-refractivity contribution in [1.29, 1.82) is 0 Å². The number of rotatable bonds is 3. The van der Waals surface area contributed by atoms with Gasteiger partial charge >= 0.3 is 0 Å². The standard InChI is InChI=1S/C26H25NO3/c28-25(20-9-5-2-6-10-20)27-15-13-21(14-16-27)26-29-18-23-17-22(11-12-24(23)30-26)19-7-3-1-4-8-19/h1-12,17,21,26H,13-16,18H2. The molecule has 0 aromatic heterocycles. The van der Waals surface area contributed by atoms with Crippen molar-refractivity contribution >= 4 is 5.91 Å². The zero-order valence-corrected chi connectivity index (χ0v) is 16.9. The van der Waals surface area contributed by atoms with E-state index in [9.17, 15) is 4.79 Å². The number of carbonyl (C=O) groups excluding carboxylic acids is 1. The molecule has 152 valence electrons. The summed E-state index contributed by atoms with van der Waals surface area (Å²) in [5, 5.41) is 0. The molecule has 3 aromatic carbocycles. The van der Waals surface area contributed by atoms with Crippen molar-refractivity contribution in [3.05, 3.63) is 90.0 Å². The highest BCUT2D eigenvalue weighted by Crippen LogP contribution is 2.35. The van der Waals surface area contributed by atoms with E-state index in [1.54, 1.807) is 0 Å². The van der Waals surface area contributed by atoms with Crippen molar-refractivity contribution in [2.24, 2.45) is 5.92 Å². The minimum absolute atomic E-state index is 0.110. The summed E-state index contributed by atoms with van der Waals surface area (Å²) < 4.78 is 12.3. The molecule has 1 amide bonds. The fourth-order valence-electron chi connectivity index (χ4n) is 4.32. The molecule has 5 rings (SSSR count). The fraction of sp³-hybridized carbons (Fsp3) is 0.269. The molecule has 2 aliphatic rings. The van der Waals surface area contributed by atoms with Gasteiger partial charge in [0.15, 0.2) is 0 Å². The second-order valence-corrected chi connectivity index (χ2v) is 7.98. The Labute approximate surface area is 177 Å². The number of likely N-dealkylation sites (tertiary alicyclic amines) is 1. The summed E-state index contributed by atoms with van der Waals surface area (Å²) in [6, 6.07) is 26.2. The maximum atomic E-state index is 12.7. The first-order valence-electron chi connectivity index (χ1n) is 10.6. The molecular formula is C26H25NO3. The molecule has 0 spiro atoms. The van der Waals surface area contributed by atoms with Crippen LogP contribution in [0, 0.1) is 5.92 Å². The number of nitrogens with zero attached hydrogens (tertiary/aromatic N) is 1. The van der Waals surface area contributed by atoms with Gasteiger partial charge in [-0.3, -0.25) is 4.79 Å². The lowest BCUT2D eigenvalue weighted by Gasteiger charge is -2.37. The molecule has 1 atom stereocenters. The lowest BCUT2D eigenvalue weighted by Crippen LogP contribution is -2.44. The zero-order chi connectivity index (χ0) is 20.3. The number of benzene rings is 3. The SMILES string of the molecule is O=C(c1ccccc1)N1CCC(C2OCc3cc(-c4ccccc4)ccc3O2)CC1. The van der Waals surface area contributed by atoms with Crippen LogP contribution >= 0.6 is 0 Å². The molecule has 0 N–H and O–H groups in total. The van der Waals surface area contributed by atoms with Gasteiger partial charge in [0.05, 0.1) is 6.61 Å². The smallest absolute Gasteiger partial charge is 0.253 e. The van der Waals surface area contributed by atoms with E-state index < -0.39 is 0 Å². The van der Waals surface area contributed by atoms with Crippen LogP contribution < -0.4 is 4.74 Å². The van der Waals surface area contributed by atoms with Crippen molar-refractivity contribution in [1.82, 2.24) is 4.90 Å². The molecule has 0 aliphatic carbocycles. The molecular weight excluding hydrogens is 374 g/mol. The molecule has 30 heavy (non-hydrogen) atoms. The van der Waals surface area contributed by atoms with Gasteiger partial charge in [-0.15, -0.1) is 0 Å². The van der Waals surface area contributed by atoms with E-state index in [4.69, 9.17) is 9.47 Å². The number of hydrogen-bond donors (Lipinski definition) is 0. The van der Waals surface area contributed by atoms with E-state index in [2.05, 4.69) is 30.3 Å². The topological polar surface area (TPSA) is 38.8 Å². The number of carbonyl (C=O) groups is 1. The van der Waals surface area contributed by atoms with Gasteiger partial charge in [0.1, 0.15) is 5.75 Å². The highest BCUT2D eigenvalue weighted by molar-refractivity contribution is 5.94. The first-order chi connectivity index (χ1) is 14.8. The number of piperidine rings is 1. The molecule has 1 unspecified atom stereocenters. The van der Waals surface area contributed by atoms with Gasteiger partial charge < -0.3 is 14.4 Å². The maximum absolute atomic E-state index is 12.7. The van der Waals surface area contributed by atoms with Gasteiger partial charge in [-0.05, 0) is 48.2 Å². The normalized spacial score (nSPS) is 19.1. The number of ether oxygens (including phenoxy) is 2. The first kappa shape index (κ1) is 18.9. The van der Waals surface area contributed by atoms with E-state index in [1.807, 2.05) is 53.4 Å². The van der Waals surface area contributed by atoms with E-state index >= 15 is 0 Å². The molecule has 1 saturated heterocycles. The minimum atomic E-state index is -0.242. The first-order valence-corrected chi connectivity index (χ1v) is 10.6. The second-order valence-electron chi connectivity index (χ2n) is 7.98. The summed E-state index contributed by atoms with van der Waals surface area (Å²) >= 11 is 0. The number of amides is 1. The summed E-state index contributed by atoms with van der Waals surface area (Å²) in [4.78, 5) is 14.6. The van der Waals surface area contributed by atoms with Crippen molar-refractivity contribution in [2.75, 3.05) is 13.1 Å². The third kappa shape index (κ3) is 3.83. The quantitative estimate of drug-likeness (QED) is 0.612. The van der Waals surface area contributed by atoms with Gasteiger partial charge in [0.25, 0.3) is 5.91 Å². The molecule has 0 radical (unpaired) electrons. The van der Waals surface area contributed by atoms with Crippen molar-refractivity contribution in [3.63, 3.8) is 0 Å². The highest BCUT2D eigenvalue weighted by atomic mass is 16.7. The molecule has 3 aromatic rings. The van der Waals surface area contributed by atoms with Crippen molar-refractivity contribution < 1.29 is 14.3 Å². The average molecular weight is 399 g/mol. The minimum Gasteiger partial charge on any atom is -0.464 e. The van der Waals surface area contributed by atoms with Crippen LogP contribution in [0.4, 0.5) is 0 Å². The van der Waals surface area contributed by atoms with Crippen LogP contribution in [0.3, 0.4) is 0 Å². The van der Waals surface area contributed by atoms with Gasteiger partial charge in [0, 0.05) is 30.1 Å². The Morgan fingerprint density at radius 3 is 2.27 bits per heavy atom. The predicted octanol–water partition coefficient (Wildman–Crippen LogP) is 5.14. The van der Waals surface area contributed by atoms with Gasteiger partial charge in [-0.2, -0.15) is 0 Å². The Bertz CT molecular complexity index is 1010. The van der Waals surface area contributed by atoms with Crippen molar-refractivity contribution in [2.45, 2.75) is 25.7 Å². The van der Waals surface area contributed by atoms with Crippen LogP contribution in [-0.2, 0) is 11.3 Å². The molecule has 1 fully saturated rings. The molecule has 4 nitrogen and oxygen atoms in total. The summed E-state index contributed by atoms with van der Waals surface area (Å²) in [6.07, 6.45) is 1.54. The van der Waals surface area contributed by atoms with E-state index in [1.165, 1.54) is 11.1 Å². The summed E-state index contributed by atoms with van der Waals surface area (Å²) in [7, 11) is 0. The monoisotopic (exact) mass is 399 g/mol.